The van der Waals surface area contributed by atoms with Gasteiger partial charge in [-0.2, -0.15) is 0 Å². The lowest BCUT2D eigenvalue weighted by molar-refractivity contribution is -0.137. The van der Waals surface area contributed by atoms with Gasteiger partial charge in [0.2, 0.25) is 5.91 Å². The van der Waals surface area contributed by atoms with Crippen LogP contribution in [0, 0.1) is 0 Å². The second-order valence-corrected chi connectivity index (χ2v) is 6.95. The van der Waals surface area contributed by atoms with E-state index in [1.54, 1.807) is 14.2 Å². The summed E-state index contributed by atoms with van der Waals surface area (Å²) in [5.41, 5.74) is 0.139. The Morgan fingerprint density at radius 2 is 1.96 bits per heavy atom. The zero-order valence-corrected chi connectivity index (χ0v) is 15.3. The van der Waals surface area contributed by atoms with E-state index in [9.17, 15) is 14.4 Å². The van der Waals surface area contributed by atoms with E-state index in [1.807, 2.05) is 24.3 Å². The molecule has 1 N–H and O–H groups in total. The maximum absolute atomic E-state index is 12.9. The molecule has 140 valence electrons. The van der Waals surface area contributed by atoms with Crippen molar-refractivity contribution >= 4 is 17.8 Å². The third-order valence-corrected chi connectivity index (χ3v) is 5.41. The fraction of sp³-hybridized carbons (Fsp3) is 0.526. The first-order valence-electron chi connectivity index (χ1n) is 8.97. The zero-order chi connectivity index (χ0) is 18.7. The standard InChI is InChI=1S/C19H25N3O4/c1-21-18(25)22(17(24)19(21)9-4-3-5-10-19)13-16(23)20-12-14-7-6-8-15(11-14)26-2/h6-8,11H,3-5,9-10,12-13H2,1-2H3,(H,20,23). The highest BCUT2D eigenvalue weighted by atomic mass is 16.5. The van der Waals surface area contributed by atoms with Crippen molar-refractivity contribution in [1.29, 1.82) is 0 Å². The van der Waals surface area contributed by atoms with Gasteiger partial charge in [-0.3, -0.25) is 14.5 Å². The fourth-order valence-corrected chi connectivity index (χ4v) is 3.85. The summed E-state index contributed by atoms with van der Waals surface area (Å²) in [7, 11) is 3.25. The van der Waals surface area contributed by atoms with Gasteiger partial charge in [-0.05, 0) is 30.5 Å². The van der Waals surface area contributed by atoms with Gasteiger partial charge >= 0.3 is 6.03 Å². The highest BCUT2D eigenvalue weighted by molar-refractivity contribution is 6.08. The maximum Gasteiger partial charge on any atom is 0.327 e. The summed E-state index contributed by atoms with van der Waals surface area (Å²) in [5, 5.41) is 2.77. The molecule has 7 heteroatoms. The fourth-order valence-electron chi connectivity index (χ4n) is 3.85. The van der Waals surface area contributed by atoms with E-state index < -0.39 is 5.54 Å². The van der Waals surface area contributed by atoms with Crippen molar-refractivity contribution in [2.24, 2.45) is 0 Å². The van der Waals surface area contributed by atoms with Gasteiger partial charge in [0.05, 0.1) is 7.11 Å². The van der Waals surface area contributed by atoms with Gasteiger partial charge in [0.15, 0.2) is 0 Å². The van der Waals surface area contributed by atoms with Crippen molar-refractivity contribution in [1.82, 2.24) is 15.1 Å². The highest BCUT2D eigenvalue weighted by Crippen LogP contribution is 2.39. The van der Waals surface area contributed by atoms with Gasteiger partial charge in [0, 0.05) is 13.6 Å². The molecule has 2 fully saturated rings. The second-order valence-electron chi connectivity index (χ2n) is 6.95. The van der Waals surface area contributed by atoms with Crippen LogP contribution in [0.15, 0.2) is 24.3 Å². The molecule has 3 rings (SSSR count). The van der Waals surface area contributed by atoms with Crippen LogP contribution >= 0.6 is 0 Å². The number of likely N-dealkylation sites (N-methyl/N-ethyl adjacent to an activating group) is 1. The Hall–Kier alpha value is -2.57. The number of imide groups is 1. The lowest BCUT2D eigenvalue weighted by Crippen LogP contribution is -2.49. The van der Waals surface area contributed by atoms with E-state index in [1.165, 1.54) is 4.90 Å². The summed E-state index contributed by atoms with van der Waals surface area (Å²) in [6, 6.07) is 6.99. The zero-order valence-electron chi connectivity index (χ0n) is 15.3. The summed E-state index contributed by atoms with van der Waals surface area (Å²) >= 11 is 0. The van der Waals surface area contributed by atoms with Gasteiger partial charge in [-0.1, -0.05) is 31.4 Å². The molecular weight excluding hydrogens is 334 g/mol. The predicted molar refractivity (Wildman–Crippen MR) is 95.5 cm³/mol. The third-order valence-electron chi connectivity index (χ3n) is 5.41. The van der Waals surface area contributed by atoms with Gasteiger partial charge in [0.25, 0.3) is 5.91 Å². The molecule has 26 heavy (non-hydrogen) atoms. The topological polar surface area (TPSA) is 79.0 Å². The van der Waals surface area contributed by atoms with E-state index in [2.05, 4.69) is 5.32 Å². The monoisotopic (exact) mass is 359 g/mol. The molecule has 0 unspecified atom stereocenters. The lowest BCUT2D eigenvalue weighted by atomic mass is 9.81. The number of ether oxygens (including phenoxy) is 1. The number of amides is 4. The van der Waals surface area contributed by atoms with Crippen LogP contribution in [0.25, 0.3) is 0 Å². The van der Waals surface area contributed by atoms with E-state index in [0.29, 0.717) is 25.1 Å². The number of nitrogens with one attached hydrogen (secondary N) is 1. The van der Waals surface area contributed by atoms with Crippen LogP contribution in [0.5, 0.6) is 5.75 Å². The lowest BCUT2D eigenvalue weighted by Gasteiger charge is -2.35. The van der Waals surface area contributed by atoms with Crippen molar-refractivity contribution in [3.8, 4) is 5.75 Å². The molecule has 1 spiro atoms. The molecule has 0 radical (unpaired) electrons. The molecule has 1 saturated carbocycles. The molecule has 1 aromatic carbocycles. The van der Waals surface area contributed by atoms with Crippen LogP contribution in [0.4, 0.5) is 4.79 Å². The molecule has 1 heterocycles. The van der Waals surface area contributed by atoms with E-state index >= 15 is 0 Å². The highest BCUT2D eigenvalue weighted by Gasteiger charge is 2.55. The number of hydrogen-bond donors (Lipinski definition) is 1. The molecule has 1 aliphatic carbocycles. The molecule has 1 saturated heterocycles. The average molecular weight is 359 g/mol. The largest absolute Gasteiger partial charge is 0.497 e. The number of nitrogens with zero attached hydrogens (tertiary/aromatic N) is 2. The normalized spacial score (nSPS) is 19.2. The molecule has 0 aromatic heterocycles. The summed E-state index contributed by atoms with van der Waals surface area (Å²) in [4.78, 5) is 40.3. The molecular formula is C19H25N3O4. The molecule has 1 aromatic rings. The number of carbonyl (C=O) groups is 3. The van der Waals surface area contributed by atoms with Crippen molar-refractivity contribution in [2.75, 3.05) is 20.7 Å². The van der Waals surface area contributed by atoms with E-state index in [-0.39, 0.29) is 24.4 Å². The van der Waals surface area contributed by atoms with Gasteiger partial charge < -0.3 is 15.0 Å². The molecule has 0 bridgehead atoms. The van der Waals surface area contributed by atoms with E-state index in [4.69, 9.17) is 4.74 Å². The van der Waals surface area contributed by atoms with Crippen LogP contribution in [-0.2, 0) is 16.1 Å². The van der Waals surface area contributed by atoms with Gasteiger partial charge in [-0.25, -0.2) is 4.79 Å². The van der Waals surface area contributed by atoms with E-state index in [0.717, 1.165) is 29.7 Å². The summed E-state index contributed by atoms with van der Waals surface area (Å²) in [6.07, 6.45) is 4.29. The summed E-state index contributed by atoms with van der Waals surface area (Å²) < 4.78 is 5.16. The smallest absolute Gasteiger partial charge is 0.327 e. The van der Waals surface area contributed by atoms with Gasteiger partial charge in [-0.15, -0.1) is 0 Å². The average Bonchev–Trinajstić information content (AvgIpc) is 2.83. The second kappa shape index (κ2) is 7.35. The van der Waals surface area contributed by atoms with Crippen LogP contribution in [0.3, 0.4) is 0 Å². The maximum atomic E-state index is 12.9. The SMILES string of the molecule is COc1cccc(CNC(=O)CN2C(=O)N(C)C3(CCCCC3)C2=O)c1. The Bertz CT molecular complexity index is 712. The third kappa shape index (κ3) is 3.25. The number of methoxy groups -OCH3 is 1. The quantitative estimate of drug-likeness (QED) is 0.815. The van der Waals surface area contributed by atoms with Crippen molar-refractivity contribution < 1.29 is 19.1 Å². The minimum absolute atomic E-state index is 0.235. The van der Waals surface area contributed by atoms with Crippen molar-refractivity contribution in [3.63, 3.8) is 0 Å². The Kier molecular flexibility index (Phi) is 5.15. The van der Waals surface area contributed by atoms with Crippen LogP contribution in [-0.4, -0.2) is 53.9 Å². The first-order valence-corrected chi connectivity index (χ1v) is 8.97. The Morgan fingerprint density at radius 1 is 1.23 bits per heavy atom. The van der Waals surface area contributed by atoms with Crippen LogP contribution in [0.1, 0.15) is 37.7 Å². The number of benzene rings is 1. The molecule has 7 nitrogen and oxygen atoms in total. The number of urea groups is 1. The Morgan fingerprint density at radius 3 is 2.65 bits per heavy atom. The first kappa shape index (κ1) is 18.2. The summed E-state index contributed by atoms with van der Waals surface area (Å²) in [6.45, 7) is 0.0704. The predicted octanol–water partition coefficient (Wildman–Crippen LogP) is 1.91. The Balaban J connectivity index is 1.61. The molecule has 2 aliphatic rings. The Labute approximate surface area is 153 Å². The molecule has 1 aliphatic heterocycles. The number of hydrogen-bond acceptors (Lipinski definition) is 4. The first-order chi connectivity index (χ1) is 12.5. The molecule has 0 atom stereocenters. The number of rotatable bonds is 5. The minimum Gasteiger partial charge on any atom is -0.497 e. The van der Waals surface area contributed by atoms with Crippen molar-refractivity contribution in [2.45, 2.75) is 44.2 Å². The van der Waals surface area contributed by atoms with Gasteiger partial charge in [0.1, 0.15) is 17.8 Å². The van der Waals surface area contributed by atoms with Crippen molar-refractivity contribution in [3.05, 3.63) is 29.8 Å². The van der Waals surface area contributed by atoms with Crippen LogP contribution < -0.4 is 10.1 Å². The van der Waals surface area contributed by atoms with Crippen LogP contribution in [0.2, 0.25) is 0 Å². The number of carbonyl (C=O) groups excluding carboxylic acids is 3. The minimum atomic E-state index is -0.748. The molecule has 4 amide bonds. The summed E-state index contributed by atoms with van der Waals surface area (Å²) in [5.74, 6) is 0.125.